The van der Waals surface area contributed by atoms with Crippen molar-refractivity contribution in [1.29, 1.82) is 0 Å². The lowest BCUT2D eigenvalue weighted by molar-refractivity contribution is 0.203. The van der Waals surface area contributed by atoms with Crippen LogP contribution < -0.4 is 10.6 Å². The maximum Gasteiger partial charge on any atom is 0.191 e. The molecule has 0 aromatic carbocycles. The molecule has 120 valence electrons. The fourth-order valence-electron chi connectivity index (χ4n) is 1.66. The first-order valence-electron chi connectivity index (χ1n) is 7.40. The third kappa shape index (κ3) is 6.57. The standard InChI is InChI=1S/C14H28N6O/c1-11(2)6-7-15-14(16-8-9-21-5)17-10-13-19-18-12(3)20(13)4/h11H,6-10H2,1-5H3,(H2,15,16,17). The number of ether oxygens (including phenoxy) is 1. The van der Waals surface area contributed by atoms with E-state index in [4.69, 9.17) is 4.74 Å². The van der Waals surface area contributed by atoms with Crippen molar-refractivity contribution >= 4 is 5.96 Å². The van der Waals surface area contributed by atoms with E-state index in [1.165, 1.54) is 0 Å². The summed E-state index contributed by atoms with van der Waals surface area (Å²) in [7, 11) is 3.64. The van der Waals surface area contributed by atoms with Crippen LogP contribution in [-0.2, 0) is 18.3 Å². The zero-order valence-corrected chi connectivity index (χ0v) is 13.8. The predicted octanol–water partition coefficient (Wildman–Crippen LogP) is 0.851. The average Bonchev–Trinajstić information content (AvgIpc) is 2.75. The van der Waals surface area contributed by atoms with Crippen molar-refractivity contribution in [3.05, 3.63) is 11.6 Å². The van der Waals surface area contributed by atoms with E-state index in [1.807, 2.05) is 18.5 Å². The molecule has 0 bridgehead atoms. The van der Waals surface area contributed by atoms with Gasteiger partial charge < -0.3 is 19.9 Å². The summed E-state index contributed by atoms with van der Waals surface area (Å²) in [5.41, 5.74) is 0. The van der Waals surface area contributed by atoms with Gasteiger partial charge in [-0.2, -0.15) is 0 Å². The maximum atomic E-state index is 5.05. The topological polar surface area (TPSA) is 76.4 Å². The monoisotopic (exact) mass is 296 g/mol. The SMILES string of the molecule is COCCNC(=NCc1nnc(C)n1C)NCCC(C)C. The zero-order valence-electron chi connectivity index (χ0n) is 13.8. The van der Waals surface area contributed by atoms with E-state index in [0.29, 0.717) is 19.1 Å². The molecule has 0 aliphatic carbocycles. The number of aromatic nitrogens is 3. The summed E-state index contributed by atoms with van der Waals surface area (Å²) in [6.07, 6.45) is 1.11. The minimum absolute atomic E-state index is 0.501. The Kier molecular flexibility index (Phi) is 7.74. The summed E-state index contributed by atoms with van der Waals surface area (Å²) < 4.78 is 7.00. The Morgan fingerprint density at radius 1 is 1.29 bits per heavy atom. The number of aryl methyl sites for hydroxylation is 1. The minimum Gasteiger partial charge on any atom is -0.383 e. The minimum atomic E-state index is 0.501. The highest BCUT2D eigenvalue weighted by Gasteiger charge is 2.05. The Morgan fingerprint density at radius 2 is 2.00 bits per heavy atom. The van der Waals surface area contributed by atoms with Crippen LogP contribution in [0.3, 0.4) is 0 Å². The average molecular weight is 296 g/mol. The molecule has 2 N–H and O–H groups in total. The number of aliphatic imine (C=N–C) groups is 1. The van der Waals surface area contributed by atoms with Crippen molar-refractivity contribution in [3.63, 3.8) is 0 Å². The van der Waals surface area contributed by atoms with E-state index in [9.17, 15) is 0 Å². The summed E-state index contributed by atoms with van der Waals surface area (Å²) in [5.74, 6) is 3.19. The Bertz CT molecular complexity index is 441. The highest BCUT2D eigenvalue weighted by molar-refractivity contribution is 5.79. The molecule has 1 heterocycles. The van der Waals surface area contributed by atoms with Crippen LogP contribution >= 0.6 is 0 Å². The summed E-state index contributed by atoms with van der Waals surface area (Å²) in [6.45, 7) is 9.11. The van der Waals surface area contributed by atoms with Gasteiger partial charge in [0.1, 0.15) is 12.4 Å². The third-order valence-corrected chi connectivity index (χ3v) is 3.17. The number of nitrogens with zero attached hydrogens (tertiary/aromatic N) is 4. The van der Waals surface area contributed by atoms with Crippen LogP contribution in [0.4, 0.5) is 0 Å². The van der Waals surface area contributed by atoms with E-state index in [1.54, 1.807) is 7.11 Å². The van der Waals surface area contributed by atoms with Gasteiger partial charge in [-0.05, 0) is 19.3 Å². The second-order valence-corrected chi connectivity index (χ2v) is 5.42. The Hall–Kier alpha value is -1.63. The fourth-order valence-corrected chi connectivity index (χ4v) is 1.66. The lowest BCUT2D eigenvalue weighted by Crippen LogP contribution is -2.39. The molecular formula is C14H28N6O. The van der Waals surface area contributed by atoms with Gasteiger partial charge in [-0.25, -0.2) is 4.99 Å². The molecule has 0 unspecified atom stereocenters. The van der Waals surface area contributed by atoms with Gasteiger partial charge in [0.15, 0.2) is 11.8 Å². The van der Waals surface area contributed by atoms with Crippen molar-refractivity contribution in [2.75, 3.05) is 26.8 Å². The van der Waals surface area contributed by atoms with Gasteiger partial charge in [-0.3, -0.25) is 0 Å². The van der Waals surface area contributed by atoms with Crippen molar-refractivity contribution in [2.24, 2.45) is 18.0 Å². The van der Waals surface area contributed by atoms with E-state index < -0.39 is 0 Å². The van der Waals surface area contributed by atoms with E-state index in [0.717, 1.165) is 37.1 Å². The first kappa shape index (κ1) is 17.4. The predicted molar refractivity (Wildman–Crippen MR) is 84.2 cm³/mol. The van der Waals surface area contributed by atoms with Crippen LogP contribution in [0.15, 0.2) is 4.99 Å². The molecule has 1 rings (SSSR count). The molecule has 1 aromatic heterocycles. The van der Waals surface area contributed by atoms with E-state index >= 15 is 0 Å². The molecule has 0 saturated carbocycles. The Balaban J connectivity index is 2.56. The third-order valence-electron chi connectivity index (χ3n) is 3.17. The zero-order chi connectivity index (χ0) is 15.7. The first-order chi connectivity index (χ1) is 10.0. The molecule has 0 saturated heterocycles. The number of methoxy groups -OCH3 is 1. The van der Waals surface area contributed by atoms with Crippen molar-refractivity contribution < 1.29 is 4.74 Å². The van der Waals surface area contributed by atoms with Gasteiger partial charge in [0.25, 0.3) is 0 Å². The van der Waals surface area contributed by atoms with Crippen LogP contribution in [0.5, 0.6) is 0 Å². The number of rotatable bonds is 8. The fraction of sp³-hybridized carbons (Fsp3) is 0.786. The molecule has 7 heteroatoms. The smallest absolute Gasteiger partial charge is 0.191 e. The molecule has 0 aliphatic rings. The van der Waals surface area contributed by atoms with Gasteiger partial charge in [-0.1, -0.05) is 13.8 Å². The Labute approximate surface area is 127 Å². The molecular weight excluding hydrogens is 268 g/mol. The highest BCUT2D eigenvalue weighted by atomic mass is 16.5. The molecule has 0 atom stereocenters. The van der Waals surface area contributed by atoms with Gasteiger partial charge in [0.05, 0.1) is 6.61 Å². The van der Waals surface area contributed by atoms with Crippen molar-refractivity contribution in [3.8, 4) is 0 Å². The second-order valence-electron chi connectivity index (χ2n) is 5.42. The summed E-state index contributed by atoms with van der Waals surface area (Å²) in [6, 6.07) is 0. The van der Waals surface area contributed by atoms with Gasteiger partial charge in [-0.15, -0.1) is 10.2 Å². The summed E-state index contributed by atoms with van der Waals surface area (Å²) >= 11 is 0. The largest absolute Gasteiger partial charge is 0.383 e. The van der Waals surface area contributed by atoms with Crippen LogP contribution in [0.2, 0.25) is 0 Å². The summed E-state index contributed by atoms with van der Waals surface area (Å²) in [5, 5.41) is 14.7. The van der Waals surface area contributed by atoms with Crippen LogP contribution in [-0.4, -0.2) is 47.5 Å². The van der Waals surface area contributed by atoms with Crippen molar-refractivity contribution in [2.45, 2.75) is 33.7 Å². The molecule has 0 radical (unpaired) electrons. The van der Waals surface area contributed by atoms with Crippen LogP contribution in [0.25, 0.3) is 0 Å². The van der Waals surface area contributed by atoms with Gasteiger partial charge in [0.2, 0.25) is 0 Å². The molecule has 0 amide bonds. The molecule has 0 aliphatic heterocycles. The van der Waals surface area contributed by atoms with Gasteiger partial charge in [0, 0.05) is 27.2 Å². The molecule has 7 nitrogen and oxygen atoms in total. The van der Waals surface area contributed by atoms with Crippen LogP contribution in [0.1, 0.15) is 31.9 Å². The lowest BCUT2D eigenvalue weighted by atomic mass is 10.1. The number of guanidine groups is 1. The van der Waals surface area contributed by atoms with Crippen LogP contribution in [0, 0.1) is 12.8 Å². The molecule has 21 heavy (non-hydrogen) atoms. The van der Waals surface area contributed by atoms with Crippen molar-refractivity contribution in [1.82, 2.24) is 25.4 Å². The Morgan fingerprint density at radius 3 is 2.57 bits per heavy atom. The van der Waals surface area contributed by atoms with E-state index in [-0.39, 0.29) is 0 Å². The molecule has 1 aromatic rings. The number of hydrogen-bond donors (Lipinski definition) is 2. The number of hydrogen-bond acceptors (Lipinski definition) is 4. The maximum absolute atomic E-state index is 5.05. The first-order valence-corrected chi connectivity index (χ1v) is 7.40. The summed E-state index contributed by atoms with van der Waals surface area (Å²) in [4.78, 5) is 4.55. The lowest BCUT2D eigenvalue weighted by Gasteiger charge is -2.13. The normalized spacial score (nSPS) is 12.0. The molecule has 0 fully saturated rings. The highest BCUT2D eigenvalue weighted by Crippen LogP contribution is 1.99. The quantitative estimate of drug-likeness (QED) is 0.422. The van der Waals surface area contributed by atoms with E-state index in [2.05, 4.69) is 39.7 Å². The number of nitrogens with one attached hydrogen (secondary N) is 2. The van der Waals surface area contributed by atoms with Gasteiger partial charge >= 0.3 is 0 Å². The molecule has 0 spiro atoms. The second kappa shape index (κ2) is 9.33.